The van der Waals surface area contributed by atoms with Crippen LogP contribution in [0.2, 0.25) is 0 Å². The molecule has 0 amide bonds. The number of rotatable bonds is 2. The van der Waals surface area contributed by atoms with Crippen LogP contribution in [-0.4, -0.2) is 6.21 Å². The Bertz CT molecular complexity index is 651. The van der Waals surface area contributed by atoms with Gasteiger partial charge in [-0.3, -0.25) is 4.99 Å². The fraction of sp³-hybridized carbons (Fsp3) is 0.409. The highest BCUT2D eigenvalue weighted by molar-refractivity contribution is 5.83. The van der Waals surface area contributed by atoms with Crippen molar-refractivity contribution < 1.29 is 0 Å². The molecule has 1 aromatic rings. The first-order chi connectivity index (χ1) is 11.0. The zero-order chi connectivity index (χ0) is 16.9. The highest BCUT2D eigenvalue weighted by atomic mass is 14.8. The van der Waals surface area contributed by atoms with Gasteiger partial charge in [-0.1, -0.05) is 77.1 Å². The lowest BCUT2D eigenvalue weighted by atomic mass is 9.86. The van der Waals surface area contributed by atoms with Gasteiger partial charge in [0.15, 0.2) is 0 Å². The molecule has 2 aliphatic rings. The highest BCUT2D eigenvalue weighted by Crippen LogP contribution is 2.34. The Morgan fingerprint density at radius 2 is 1.91 bits per heavy atom. The van der Waals surface area contributed by atoms with Gasteiger partial charge in [0.05, 0.1) is 6.04 Å². The lowest BCUT2D eigenvalue weighted by Crippen LogP contribution is -2.08. The third kappa shape index (κ3) is 4.31. The van der Waals surface area contributed by atoms with Crippen molar-refractivity contribution in [1.29, 1.82) is 0 Å². The molecule has 1 aliphatic carbocycles. The molecular formula is C22H29N. The molecule has 0 saturated carbocycles. The zero-order valence-corrected chi connectivity index (χ0v) is 15.1. The molecule has 0 N–H and O–H groups in total. The molecule has 1 unspecified atom stereocenters. The third-order valence-electron chi connectivity index (χ3n) is 4.19. The number of benzene rings is 1. The van der Waals surface area contributed by atoms with E-state index in [1.54, 1.807) is 0 Å². The van der Waals surface area contributed by atoms with Crippen molar-refractivity contribution in [3.63, 3.8) is 0 Å². The topological polar surface area (TPSA) is 12.4 Å². The Hall–Kier alpha value is -1.89. The van der Waals surface area contributed by atoms with E-state index in [4.69, 9.17) is 0 Å². The molecule has 0 radical (unpaired) electrons. The molecule has 1 aromatic carbocycles. The van der Waals surface area contributed by atoms with Gasteiger partial charge in [-0.15, -0.1) is 0 Å². The van der Waals surface area contributed by atoms with Crippen molar-refractivity contribution in [2.45, 2.75) is 53.5 Å². The van der Waals surface area contributed by atoms with Gasteiger partial charge < -0.3 is 0 Å². The van der Waals surface area contributed by atoms with Gasteiger partial charge in [-0.25, -0.2) is 0 Å². The number of aliphatic imine (C=N–C) groups is 1. The van der Waals surface area contributed by atoms with E-state index in [2.05, 4.69) is 74.3 Å². The van der Waals surface area contributed by atoms with E-state index in [0.717, 1.165) is 12.8 Å². The maximum absolute atomic E-state index is 4.69. The number of hydrogen-bond acceptors (Lipinski definition) is 1. The quantitative estimate of drug-likeness (QED) is 0.588. The normalized spacial score (nSPS) is 19.8. The number of nitrogens with zero attached hydrogens (tertiary/aromatic N) is 1. The summed E-state index contributed by atoms with van der Waals surface area (Å²) in [6.07, 6.45) is 13.2. The van der Waals surface area contributed by atoms with Gasteiger partial charge in [0, 0.05) is 6.21 Å². The minimum Gasteiger partial charge on any atom is -0.281 e. The van der Waals surface area contributed by atoms with Crippen molar-refractivity contribution in [3.8, 4) is 0 Å². The smallest absolute Gasteiger partial charge is 0.0937 e. The van der Waals surface area contributed by atoms with E-state index in [9.17, 15) is 0 Å². The molecule has 1 nitrogen and oxygen atoms in total. The highest BCUT2D eigenvalue weighted by Gasteiger charge is 2.22. The second-order valence-electron chi connectivity index (χ2n) is 6.88. The summed E-state index contributed by atoms with van der Waals surface area (Å²) in [4.78, 5) is 4.69. The maximum Gasteiger partial charge on any atom is 0.0937 e. The molecule has 0 bridgehead atoms. The predicted octanol–water partition coefficient (Wildman–Crippen LogP) is 6.54. The van der Waals surface area contributed by atoms with Gasteiger partial charge in [0.2, 0.25) is 0 Å². The number of allylic oxidation sites excluding steroid dienone is 5. The van der Waals surface area contributed by atoms with E-state index in [-0.39, 0.29) is 11.5 Å². The molecule has 23 heavy (non-hydrogen) atoms. The van der Waals surface area contributed by atoms with Crippen LogP contribution in [0.4, 0.5) is 0 Å². The molecule has 1 atom stereocenters. The second kappa shape index (κ2) is 7.59. The fourth-order valence-corrected chi connectivity index (χ4v) is 2.81. The van der Waals surface area contributed by atoms with E-state index in [1.165, 1.54) is 22.3 Å². The van der Waals surface area contributed by atoms with E-state index in [0.29, 0.717) is 0 Å². The predicted molar refractivity (Wildman–Crippen MR) is 103 cm³/mol. The van der Waals surface area contributed by atoms with Crippen molar-refractivity contribution in [1.82, 2.24) is 0 Å². The lowest BCUT2D eigenvalue weighted by Gasteiger charge is -2.17. The van der Waals surface area contributed by atoms with Crippen LogP contribution in [0.15, 0.2) is 59.1 Å². The molecule has 0 saturated heterocycles. The summed E-state index contributed by atoms with van der Waals surface area (Å²) in [7, 11) is 0. The standard InChI is InChI=1S/C20H23N.C2H6/c1-20(2,3)18-13-19(21-14-18)17-11-7-10-16(12-17)15-8-5-4-6-9-15;1-2/h4-5,7-8,10-14,19H,6,9H2,1-3H3;1-2H3. The summed E-state index contributed by atoms with van der Waals surface area (Å²) in [5, 5.41) is 0. The van der Waals surface area contributed by atoms with E-state index < -0.39 is 0 Å². The first-order valence-corrected chi connectivity index (χ1v) is 8.75. The Balaban J connectivity index is 0.000000924. The Morgan fingerprint density at radius 3 is 2.52 bits per heavy atom. The molecule has 0 spiro atoms. The Kier molecular flexibility index (Phi) is 5.76. The van der Waals surface area contributed by atoms with Gasteiger partial charge in [-0.2, -0.15) is 0 Å². The van der Waals surface area contributed by atoms with Crippen molar-refractivity contribution in [3.05, 3.63) is 65.3 Å². The van der Waals surface area contributed by atoms with E-state index in [1.807, 2.05) is 20.1 Å². The minimum absolute atomic E-state index is 0.173. The Morgan fingerprint density at radius 1 is 1.13 bits per heavy atom. The van der Waals surface area contributed by atoms with Crippen molar-refractivity contribution in [2.75, 3.05) is 0 Å². The molecule has 0 aromatic heterocycles. The SMILES string of the molecule is CC.CC(C)(C)C1=CC(c2cccc(C3=CC=CCC3)c2)N=C1. The van der Waals surface area contributed by atoms with Gasteiger partial charge in [-0.05, 0) is 46.6 Å². The molecule has 1 aliphatic heterocycles. The molecule has 1 heterocycles. The summed E-state index contributed by atoms with van der Waals surface area (Å²) in [6.45, 7) is 10.7. The van der Waals surface area contributed by atoms with Crippen LogP contribution >= 0.6 is 0 Å². The summed E-state index contributed by atoms with van der Waals surface area (Å²) in [5.41, 5.74) is 5.56. The monoisotopic (exact) mass is 307 g/mol. The van der Waals surface area contributed by atoms with Crippen LogP contribution in [0, 0.1) is 5.41 Å². The average Bonchev–Trinajstić information content (AvgIpc) is 3.08. The minimum atomic E-state index is 0.173. The molecule has 3 rings (SSSR count). The first kappa shape index (κ1) is 17.5. The van der Waals surface area contributed by atoms with Gasteiger partial charge >= 0.3 is 0 Å². The van der Waals surface area contributed by atoms with Crippen LogP contribution in [0.25, 0.3) is 5.57 Å². The Labute approximate surface area is 141 Å². The summed E-state index contributed by atoms with van der Waals surface area (Å²) < 4.78 is 0. The second-order valence-corrected chi connectivity index (χ2v) is 6.88. The third-order valence-corrected chi connectivity index (χ3v) is 4.19. The first-order valence-electron chi connectivity index (χ1n) is 8.75. The summed E-state index contributed by atoms with van der Waals surface area (Å²) >= 11 is 0. The van der Waals surface area contributed by atoms with Crippen molar-refractivity contribution >= 4 is 11.8 Å². The summed E-state index contributed by atoms with van der Waals surface area (Å²) in [6, 6.07) is 9.03. The van der Waals surface area contributed by atoms with E-state index >= 15 is 0 Å². The van der Waals surface area contributed by atoms with Crippen LogP contribution in [-0.2, 0) is 0 Å². The van der Waals surface area contributed by atoms with Gasteiger partial charge in [0.25, 0.3) is 0 Å². The molecule has 0 fully saturated rings. The van der Waals surface area contributed by atoms with Crippen molar-refractivity contribution in [2.24, 2.45) is 10.4 Å². The maximum atomic E-state index is 4.69. The molecule has 122 valence electrons. The average molecular weight is 307 g/mol. The number of hydrogen-bond donors (Lipinski definition) is 0. The van der Waals surface area contributed by atoms with Crippen LogP contribution in [0.3, 0.4) is 0 Å². The lowest BCUT2D eigenvalue weighted by molar-refractivity contribution is 0.526. The summed E-state index contributed by atoms with van der Waals surface area (Å²) in [5.74, 6) is 0. The molecule has 1 heteroatoms. The largest absolute Gasteiger partial charge is 0.281 e. The fourth-order valence-electron chi connectivity index (χ4n) is 2.81. The van der Waals surface area contributed by atoms with Crippen LogP contribution in [0.1, 0.15) is 64.6 Å². The zero-order valence-electron chi connectivity index (χ0n) is 15.1. The van der Waals surface area contributed by atoms with Crippen LogP contribution < -0.4 is 0 Å². The molecular weight excluding hydrogens is 278 g/mol. The van der Waals surface area contributed by atoms with Crippen LogP contribution in [0.5, 0.6) is 0 Å². The van der Waals surface area contributed by atoms with Gasteiger partial charge in [0.1, 0.15) is 0 Å².